The van der Waals surface area contributed by atoms with Crippen molar-refractivity contribution in [2.75, 3.05) is 0 Å². The lowest BCUT2D eigenvalue weighted by Crippen LogP contribution is -1.95. The largest absolute Gasteiger partial charge is 0.103 e. The molecule has 0 fully saturated rings. The first-order valence-corrected chi connectivity index (χ1v) is 6.37. The Morgan fingerprint density at radius 2 is 1.38 bits per heavy atom. The van der Waals surface area contributed by atoms with Gasteiger partial charge in [-0.05, 0) is 18.8 Å². The molecule has 0 spiro atoms. The lowest BCUT2D eigenvalue weighted by Gasteiger charge is -2.09. The number of allylic oxidation sites excluding steroid dienone is 1. The van der Waals surface area contributed by atoms with Crippen molar-refractivity contribution in [3.8, 4) is 0 Å². The summed E-state index contributed by atoms with van der Waals surface area (Å²) in [5, 5.41) is 0. The molecular formula is C16H38. The third-order valence-corrected chi connectivity index (χ3v) is 2.68. The van der Waals surface area contributed by atoms with E-state index < -0.39 is 0 Å². The van der Waals surface area contributed by atoms with Gasteiger partial charge < -0.3 is 0 Å². The maximum absolute atomic E-state index is 3.71. The Morgan fingerprint density at radius 3 is 1.62 bits per heavy atom. The Balaban J connectivity index is -0.000000105. The van der Waals surface area contributed by atoms with Gasteiger partial charge in [-0.15, -0.1) is 6.58 Å². The third kappa shape index (κ3) is 23.5. The molecule has 0 rings (SSSR count). The van der Waals surface area contributed by atoms with Crippen molar-refractivity contribution < 1.29 is 0 Å². The van der Waals surface area contributed by atoms with E-state index in [2.05, 4.69) is 34.3 Å². The molecule has 0 atom stereocenters. The average molecular weight is 230 g/mol. The van der Waals surface area contributed by atoms with E-state index in [1.165, 1.54) is 44.9 Å². The van der Waals surface area contributed by atoms with Gasteiger partial charge in [0.05, 0.1) is 0 Å². The first-order valence-electron chi connectivity index (χ1n) is 6.37. The number of rotatable bonds is 7. The molecule has 0 radical (unpaired) electrons. The summed E-state index contributed by atoms with van der Waals surface area (Å²) in [6, 6.07) is 0. The number of hydrogen-bond acceptors (Lipinski definition) is 0. The molecule has 102 valence electrons. The van der Waals surface area contributed by atoms with Crippen LogP contribution in [0.3, 0.4) is 0 Å². The second-order valence-electron chi connectivity index (χ2n) is 3.90. The standard InChI is InChI=1S/C10H20.C4H10.2CH4/c1-4-7-8-9-10(5-2)6-3;1-3-4-2;;/h4,10H,1,5-9H2,2-3H3;3-4H2,1-2H3;2*1H4. The van der Waals surface area contributed by atoms with Crippen LogP contribution in [-0.4, -0.2) is 0 Å². The summed E-state index contributed by atoms with van der Waals surface area (Å²) in [5.41, 5.74) is 0. The van der Waals surface area contributed by atoms with E-state index in [4.69, 9.17) is 0 Å². The zero-order valence-electron chi connectivity index (χ0n) is 10.8. The van der Waals surface area contributed by atoms with Crippen LogP contribution >= 0.6 is 0 Å². The fourth-order valence-electron chi connectivity index (χ4n) is 1.25. The maximum Gasteiger partial charge on any atom is -0.0353 e. The van der Waals surface area contributed by atoms with Crippen molar-refractivity contribution in [1.82, 2.24) is 0 Å². The minimum atomic E-state index is 0. The van der Waals surface area contributed by atoms with Crippen molar-refractivity contribution in [2.24, 2.45) is 5.92 Å². The summed E-state index contributed by atoms with van der Waals surface area (Å²) in [7, 11) is 0. The highest BCUT2D eigenvalue weighted by molar-refractivity contribution is 4.67. The van der Waals surface area contributed by atoms with E-state index in [1.807, 2.05) is 6.08 Å². The van der Waals surface area contributed by atoms with E-state index >= 15 is 0 Å². The van der Waals surface area contributed by atoms with Crippen LogP contribution in [0.5, 0.6) is 0 Å². The maximum atomic E-state index is 3.71. The highest BCUT2D eigenvalue weighted by Crippen LogP contribution is 2.15. The van der Waals surface area contributed by atoms with E-state index in [1.54, 1.807) is 0 Å². The summed E-state index contributed by atoms with van der Waals surface area (Å²) < 4.78 is 0. The SMILES string of the molecule is C.C.C=CCCCC(CC)CC.CCCC. The zero-order valence-corrected chi connectivity index (χ0v) is 10.8. The fraction of sp³-hybridized carbons (Fsp3) is 0.875. The normalized spacial score (nSPS) is 8.31. The minimum absolute atomic E-state index is 0. The topological polar surface area (TPSA) is 0 Å². The van der Waals surface area contributed by atoms with E-state index in [0.717, 1.165) is 5.92 Å². The van der Waals surface area contributed by atoms with Crippen molar-refractivity contribution in [3.63, 3.8) is 0 Å². The lowest BCUT2D eigenvalue weighted by atomic mass is 9.97. The van der Waals surface area contributed by atoms with Crippen molar-refractivity contribution in [2.45, 2.75) is 87.5 Å². The van der Waals surface area contributed by atoms with Gasteiger partial charge in [0.1, 0.15) is 0 Å². The molecule has 0 aromatic heterocycles. The Kier molecular flexibility index (Phi) is 37.4. The predicted octanol–water partition coefficient (Wildman–Crippen LogP) is 6.86. The molecule has 0 aliphatic rings. The van der Waals surface area contributed by atoms with Crippen LogP contribution in [0.25, 0.3) is 0 Å². The molecule has 0 saturated heterocycles. The van der Waals surface area contributed by atoms with Crippen LogP contribution in [0.4, 0.5) is 0 Å². The highest BCUT2D eigenvalue weighted by atomic mass is 14.1. The van der Waals surface area contributed by atoms with Crippen LogP contribution < -0.4 is 0 Å². The van der Waals surface area contributed by atoms with Crippen molar-refractivity contribution in [3.05, 3.63) is 12.7 Å². The summed E-state index contributed by atoms with van der Waals surface area (Å²) in [4.78, 5) is 0. The quantitative estimate of drug-likeness (QED) is 0.331. The van der Waals surface area contributed by atoms with Gasteiger partial charge in [0.15, 0.2) is 0 Å². The summed E-state index contributed by atoms with van der Waals surface area (Å²) >= 11 is 0. The van der Waals surface area contributed by atoms with Crippen LogP contribution in [0.15, 0.2) is 12.7 Å². The highest BCUT2D eigenvalue weighted by Gasteiger charge is 2.00. The van der Waals surface area contributed by atoms with Crippen molar-refractivity contribution >= 4 is 0 Å². The summed E-state index contributed by atoms with van der Waals surface area (Å²) in [6.07, 6.45) is 11.2. The molecule has 0 aromatic rings. The molecule has 0 unspecified atom stereocenters. The van der Waals surface area contributed by atoms with Gasteiger partial charge in [-0.3, -0.25) is 0 Å². The van der Waals surface area contributed by atoms with E-state index in [0.29, 0.717) is 0 Å². The Morgan fingerprint density at radius 1 is 0.938 bits per heavy atom. The molecule has 0 aromatic carbocycles. The molecule has 0 saturated carbocycles. The van der Waals surface area contributed by atoms with E-state index in [-0.39, 0.29) is 14.9 Å². The molecule has 16 heavy (non-hydrogen) atoms. The van der Waals surface area contributed by atoms with Crippen LogP contribution in [0, 0.1) is 5.92 Å². The minimum Gasteiger partial charge on any atom is -0.103 e. The molecule has 0 nitrogen and oxygen atoms in total. The van der Waals surface area contributed by atoms with Gasteiger partial charge in [-0.25, -0.2) is 0 Å². The molecule has 0 heteroatoms. The first-order chi connectivity index (χ1) is 6.76. The number of unbranched alkanes of at least 4 members (excludes halogenated alkanes) is 2. The molecule has 0 amide bonds. The number of hydrogen-bond donors (Lipinski definition) is 0. The van der Waals surface area contributed by atoms with Gasteiger partial charge in [-0.1, -0.05) is 80.7 Å². The molecule has 0 bridgehead atoms. The smallest absolute Gasteiger partial charge is 0.0353 e. The van der Waals surface area contributed by atoms with Crippen LogP contribution in [0.1, 0.15) is 87.5 Å². The second-order valence-corrected chi connectivity index (χ2v) is 3.90. The fourth-order valence-corrected chi connectivity index (χ4v) is 1.25. The summed E-state index contributed by atoms with van der Waals surface area (Å²) in [5.74, 6) is 0.958. The molecule has 0 aliphatic carbocycles. The predicted molar refractivity (Wildman–Crippen MR) is 82.2 cm³/mol. The molecule has 0 aliphatic heterocycles. The average Bonchev–Trinajstić information content (AvgIpc) is 2.25. The summed E-state index contributed by atoms with van der Waals surface area (Å²) in [6.45, 7) is 12.6. The van der Waals surface area contributed by atoms with Crippen LogP contribution in [-0.2, 0) is 0 Å². The third-order valence-electron chi connectivity index (χ3n) is 2.68. The van der Waals surface area contributed by atoms with Gasteiger partial charge in [-0.2, -0.15) is 0 Å². The van der Waals surface area contributed by atoms with Gasteiger partial charge in [0.25, 0.3) is 0 Å². The second kappa shape index (κ2) is 24.1. The molecule has 0 heterocycles. The Bertz CT molecular complexity index is 88.2. The van der Waals surface area contributed by atoms with Crippen LogP contribution in [0.2, 0.25) is 0 Å². The monoisotopic (exact) mass is 230 g/mol. The van der Waals surface area contributed by atoms with Gasteiger partial charge in [0.2, 0.25) is 0 Å². The molecular weight excluding hydrogens is 192 g/mol. The Hall–Kier alpha value is -0.260. The van der Waals surface area contributed by atoms with Gasteiger partial charge >= 0.3 is 0 Å². The zero-order chi connectivity index (χ0) is 11.2. The first kappa shape index (κ1) is 24.8. The molecule has 0 N–H and O–H groups in total. The van der Waals surface area contributed by atoms with Crippen molar-refractivity contribution in [1.29, 1.82) is 0 Å². The Labute approximate surface area is 107 Å². The van der Waals surface area contributed by atoms with E-state index in [9.17, 15) is 0 Å². The lowest BCUT2D eigenvalue weighted by molar-refractivity contribution is 0.443. The van der Waals surface area contributed by atoms with Gasteiger partial charge in [0, 0.05) is 0 Å².